The maximum absolute atomic E-state index is 11.2. The second kappa shape index (κ2) is 11.2. The standard InChI is InChI=1S/C14H27NO3/c1-3-5-6-7-8-9-10-13(17)12(11-16)15-14(18)4-2/h9-10,12-13,16-17H,3-8,11H2,1-2H3,(H,15,18)/b10-9+. The highest BCUT2D eigenvalue weighted by atomic mass is 16.3. The molecule has 2 unspecified atom stereocenters. The average Bonchev–Trinajstić information content (AvgIpc) is 2.39. The lowest BCUT2D eigenvalue weighted by Gasteiger charge is -2.19. The van der Waals surface area contributed by atoms with E-state index in [1.54, 1.807) is 13.0 Å². The van der Waals surface area contributed by atoms with Gasteiger partial charge in [-0.1, -0.05) is 45.3 Å². The number of hydrogen-bond acceptors (Lipinski definition) is 3. The van der Waals surface area contributed by atoms with Crippen LogP contribution in [0, 0.1) is 0 Å². The maximum Gasteiger partial charge on any atom is 0.220 e. The Bertz CT molecular complexity index is 241. The molecule has 0 fully saturated rings. The number of unbranched alkanes of at least 4 members (excludes halogenated alkanes) is 4. The Morgan fingerprint density at radius 2 is 2.00 bits per heavy atom. The van der Waals surface area contributed by atoms with Crippen molar-refractivity contribution in [3.8, 4) is 0 Å². The Hall–Kier alpha value is -0.870. The predicted molar refractivity (Wildman–Crippen MR) is 73.2 cm³/mol. The zero-order valence-corrected chi connectivity index (χ0v) is 11.6. The molecule has 0 aromatic carbocycles. The quantitative estimate of drug-likeness (QED) is 0.412. The van der Waals surface area contributed by atoms with E-state index in [0.717, 1.165) is 12.8 Å². The minimum absolute atomic E-state index is 0.163. The van der Waals surface area contributed by atoms with Crippen molar-refractivity contribution in [1.29, 1.82) is 0 Å². The fourth-order valence-corrected chi connectivity index (χ4v) is 1.61. The molecule has 0 rings (SSSR count). The van der Waals surface area contributed by atoms with Crippen LogP contribution in [-0.2, 0) is 4.79 Å². The molecule has 0 aliphatic rings. The van der Waals surface area contributed by atoms with E-state index in [2.05, 4.69) is 12.2 Å². The molecule has 18 heavy (non-hydrogen) atoms. The summed E-state index contributed by atoms with van der Waals surface area (Å²) in [6, 6.07) is -0.607. The Morgan fingerprint density at radius 1 is 1.28 bits per heavy atom. The number of nitrogens with one attached hydrogen (secondary N) is 1. The van der Waals surface area contributed by atoms with E-state index in [0.29, 0.717) is 6.42 Å². The van der Waals surface area contributed by atoms with Crippen LogP contribution in [0.1, 0.15) is 52.4 Å². The van der Waals surface area contributed by atoms with Gasteiger partial charge in [0.05, 0.1) is 18.8 Å². The lowest BCUT2D eigenvalue weighted by molar-refractivity contribution is -0.122. The smallest absolute Gasteiger partial charge is 0.220 e. The molecule has 0 heterocycles. The van der Waals surface area contributed by atoms with Crippen LogP contribution in [0.3, 0.4) is 0 Å². The first-order chi connectivity index (χ1) is 8.65. The molecule has 0 spiro atoms. The fraction of sp³-hybridized carbons (Fsp3) is 0.786. The molecular formula is C14H27NO3. The molecule has 0 saturated heterocycles. The van der Waals surface area contributed by atoms with Crippen LogP contribution in [0.2, 0.25) is 0 Å². The number of carbonyl (C=O) groups excluding carboxylic acids is 1. The highest BCUT2D eigenvalue weighted by Crippen LogP contribution is 2.04. The molecule has 0 aromatic rings. The molecule has 0 aliphatic heterocycles. The highest BCUT2D eigenvalue weighted by Gasteiger charge is 2.16. The molecule has 2 atom stereocenters. The van der Waals surface area contributed by atoms with E-state index in [1.807, 2.05) is 6.08 Å². The van der Waals surface area contributed by atoms with Gasteiger partial charge in [0.2, 0.25) is 5.91 Å². The third-order valence-corrected chi connectivity index (χ3v) is 2.83. The SMILES string of the molecule is CCCCCC/C=C/C(O)C(CO)NC(=O)CC. The summed E-state index contributed by atoms with van der Waals surface area (Å²) in [6.07, 6.45) is 8.79. The molecule has 4 nitrogen and oxygen atoms in total. The molecule has 0 aliphatic carbocycles. The van der Waals surface area contributed by atoms with Crippen LogP contribution in [0.15, 0.2) is 12.2 Å². The minimum Gasteiger partial charge on any atom is -0.394 e. The van der Waals surface area contributed by atoms with E-state index in [4.69, 9.17) is 5.11 Å². The predicted octanol–water partition coefficient (Wildman–Crippen LogP) is 1.76. The molecule has 0 saturated carbocycles. The highest BCUT2D eigenvalue weighted by molar-refractivity contribution is 5.75. The van der Waals surface area contributed by atoms with Crippen molar-refractivity contribution in [2.24, 2.45) is 0 Å². The lowest BCUT2D eigenvalue weighted by Crippen LogP contribution is -2.44. The van der Waals surface area contributed by atoms with Crippen molar-refractivity contribution in [1.82, 2.24) is 5.32 Å². The molecule has 1 amide bonds. The summed E-state index contributed by atoms with van der Waals surface area (Å²) in [5.74, 6) is -0.163. The molecule has 4 heteroatoms. The van der Waals surface area contributed by atoms with E-state index in [1.165, 1.54) is 19.3 Å². The maximum atomic E-state index is 11.2. The van der Waals surface area contributed by atoms with Crippen LogP contribution < -0.4 is 5.32 Å². The first-order valence-electron chi connectivity index (χ1n) is 6.90. The normalized spacial score (nSPS) is 14.7. The molecule has 0 bridgehead atoms. The van der Waals surface area contributed by atoms with E-state index in [-0.39, 0.29) is 12.5 Å². The summed E-state index contributed by atoms with van der Waals surface area (Å²) in [4.78, 5) is 11.2. The zero-order valence-electron chi connectivity index (χ0n) is 11.6. The van der Waals surface area contributed by atoms with Gasteiger partial charge in [0, 0.05) is 6.42 Å². The number of carbonyl (C=O) groups is 1. The van der Waals surface area contributed by atoms with Gasteiger partial charge in [0.1, 0.15) is 0 Å². The van der Waals surface area contributed by atoms with Crippen molar-refractivity contribution in [2.75, 3.05) is 6.61 Å². The van der Waals surface area contributed by atoms with Gasteiger partial charge in [0.25, 0.3) is 0 Å². The van der Waals surface area contributed by atoms with Gasteiger partial charge in [-0.2, -0.15) is 0 Å². The summed E-state index contributed by atoms with van der Waals surface area (Å²) in [5, 5.41) is 21.5. The summed E-state index contributed by atoms with van der Waals surface area (Å²) >= 11 is 0. The average molecular weight is 257 g/mol. The van der Waals surface area contributed by atoms with Crippen LogP contribution in [-0.4, -0.2) is 34.9 Å². The van der Waals surface area contributed by atoms with Gasteiger partial charge in [-0.3, -0.25) is 4.79 Å². The minimum atomic E-state index is -0.823. The van der Waals surface area contributed by atoms with E-state index >= 15 is 0 Å². The number of hydrogen-bond donors (Lipinski definition) is 3. The van der Waals surface area contributed by atoms with Crippen LogP contribution in [0.25, 0.3) is 0 Å². The topological polar surface area (TPSA) is 69.6 Å². The first-order valence-corrected chi connectivity index (χ1v) is 6.90. The fourth-order valence-electron chi connectivity index (χ4n) is 1.61. The molecular weight excluding hydrogens is 230 g/mol. The van der Waals surface area contributed by atoms with Gasteiger partial charge in [0.15, 0.2) is 0 Å². The Morgan fingerprint density at radius 3 is 2.56 bits per heavy atom. The lowest BCUT2D eigenvalue weighted by atomic mass is 10.1. The van der Waals surface area contributed by atoms with Gasteiger partial charge in [-0.05, 0) is 12.8 Å². The summed E-state index contributed by atoms with van der Waals surface area (Å²) < 4.78 is 0. The zero-order chi connectivity index (χ0) is 13.8. The van der Waals surface area contributed by atoms with Crippen molar-refractivity contribution in [3.05, 3.63) is 12.2 Å². The number of aliphatic hydroxyl groups excluding tert-OH is 2. The monoisotopic (exact) mass is 257 g/mol. The van der Waals surface area contributed by atoms with E-state index < -0.39 is 12.1 Å². The number of aliphatic hydroxyl groups is 2. The van der Waals surface area contributed by atoms with Gasteiger partial charge in [-0.15, -0.1) is 0 Å². The third-order valence-electron chi connectivity index (χ3n) is 2.83. The van der Waals surface area contributed by atoms with E-state index in [9.17, 15) is 9.90 Å². The van der Waals surface area contributed by atoms with Gasteiger partial charge < -0.3 is 15.5 Å². The summed E-state index contributed by atoms with van der Waals surface area (Å²) in [7, 11) is 0. The summed E-state index contributed by atoms with van der Waals surface area (Å²) in [6.45, 7) is 3.65. The largest absolute Gasteiger partial charge is 0.394 e. The Labute approximate surface area is 110 Å². The molecule has 106 valence electrons. The number of amides is 1. The van der Waals surface area contributed by atoms with Crippen molar-refractivity contribution in [2.45, 2.75) is 64.5 Å². The van der Waals surface area contributed by atoms with Gasteiger partial charge in [-0.25, -0.2) is 0 Å². The Kier molecular flexibility index (Phi) is 10.7. The molecule has 0 radical (unpaired) electrons. The van der Waals surface area contributed by atoms with Crippen molar-refractivity contribution < 1.29 is 15.0 Å². The first kappa shape index (κ1) is 17.1. The van der Waals surface area contributed by atoms with Crippen LogP contribution in [0.5, 0.6) is 0 Å². The third kappa shape index (κ3) is 8.25. The second-order valence-electron chi connectivity index (χ2n) is 4.48. The Balaban J connectivity index is 3.91. The number of rotatable bonds is 10. The summed E-state index contributed by atoms with van der Waals surface area (Å²) in [5.41, 5.74) is 0. The van der Waals surface area contributed by atoms with Crippen LogP contribution >= 0.6 is 0 Å². The van der Waals surface area contributed by atoms with Crippen molar-refractivity contribution in [3.63, 3.8) is 0 Å². The molecule has 0 aromatic heterocycles. The number of allylic oxidation sites excluding steroid dienone is 1. The second-order valence-corrected chi connectivity index (χ2v) is 4.48. The van der Waals surface area contributed by atoms with Gasteiger partial charge >= 0.3 is 0 Å². The van der Waals surface area contributed by atoms with Crippen LogP contribution in [0.4, 0.5) is 0 Å². The molecule has 3 N–H and O–H groups in total. The van der Waals surface area contributed by atoms with Crippen molar-refractivity contribution >= 4 is 5.91 Å².